The van der Waals surface area contributed by atoms with E-state index in [4.69, 9.17) is 10.9 Å². The highest BCUT2D eigenvalue weighted by Crippen LogP contribution is 2.21. The van der Waals surface area contributed by atoms with Gasteiger partial charge in [0.15, 0.2) is 5.84 Å². The molecule has 0 spiro atoms. The Morgan fingerprint density at radius 3 is 2.95 bits per heavy atom. The normalized spacial score (nSPS) is 19.9. The molecule has 0 radical (unpaired) electrons. The van der Waals surface area contributed by atoms with Gasteiger partial charge in [-0.25, -0.2) is 4.98 Å². The number of aromatic nitrogens is 1. The fourth-order valence-corrected chi connectivity index (χ4v) is 2.80. The van der Waals surface area contributed by atoms with Gasteiger partial charge in [0.05, 0.1) is 0 Å². The highest BCUT2D eigenvalue weighted by molar-refractivity contribution is 5.97. The summed E-state index contributed by atoms with van der Waals surface area (Å²) < 4.78 is 0. The summed E-state index contributed by atoms with van der Waals surface area (Å²) in [5.41, 5.74) is 6.32. The Balaban J connectivity index is 2.10. The van der Waals surface area contributed by atoms with Crippen LogP contribution in [-0.2, 0) is 0 Å². The van der Waals surface area contributed by atoms with E-state index < -0.39 is 0 Å². The third-order valence-corrected chi connectivity index (χ3v) is 3.97. The van der Waals surface area contributed by atoms with E-state index in [0.717, 1.165) is 38.4 Å². The van der Waals surface area contributed by atoms with Crippen LogP contribution in [0.15, 0.2) is 23.5 Å². The van der Waals surface area contributed by atoms with Crippen molar-refractivity contribution in [2.45, 2.75) is 26.3 Å². The molecule has 1 fully saturated rings. The fourth-order valence-electron chi connectivity index (χ4n) is 2.80. The lowest BCUT2D eigenvalue weighted by Crippen LogP contribution is -2.37. The highest BCUT2D eigenvalue weighted by atomic mass is 16.4. The summed E-state index contributed by atoms with van der Waals surface area (Å²) in [5.74, 6) is 1.01. The minimum Gasteiger partial charge on any atom is -0.409 e. The van der Waals surface area contributed by atoms with Crippen molar-refractivity contribution in [1.29, 1.82) is 0 Å². The first-order chi connectivity index (χ1) is 9.69. The van der Waals surface area contributed by atoms with Crippen LogP contribution in [0.25, 0.3) is 0 Å². The third-order valence-electron chi connectivity index (χ3n) is 3.97. The summed E-state index contributed by atoms with van der Waals surface area (Å²) >= 11 is 0. The number of hydrogen-bond donors (Lipinski definition) is 2. The average molecular weight is 277 g/mol. The number of hydrogen-bond acceptors (Lipinski definition) is 5. The maximum absolute atomic E-state index is 8.75. The molecule has 1 aromatic rings. The predicted octanol–water partition coefficient (Wildman–Crippen LogP) is 1.10. The van der Waals surface area contributed by atoms with Gasteiger partial charge >= 0.3 is 0 Å². The van der Waals surface area contributed by atoms with Gasteiger partial charge in [-0.1, -0.05) is 19.0 Å². The minimum atomic E-state index is 0.119. The van der Waals surface area contributed by atoms with Crippen molar-refractivity contribution in [2.75, 3.05) is 31.1 Å². The first kappa shape index (κ1) is 14.6. The molecular weight excluding hydrogens is 254 g/mol. The number of nitrogens with two attached hydrogens (primary N) is 1. The van der Waals surface area contributed by atoms with Gasteiger partial charge in [0.1, 0.15) is 5.82 Å². The molecule has 20 heavy (non-hydrogen) atoms. The Bertz CT molecular complexity index is 472. The molecule has 1 unspecified atom stereocenters. The van der Waals surface area contributed by atoms with Crippen LogP contribution in [0.4, 0.5) is 5.82 Å². The zero-order valence-corrected chi connectivity index (χ0v) is 12.2. The Kier molecular flexibility index (Phi) is 4.79. The van der Waals surface area contributed by atoms with Crippen molar-refractivity contribution in [2.24, 2.45) is 10.9 Å². The van der Waals surface area contributed by atoms with Crippen LogP contribution in [0.5, 0.6) is 0 Å². The SMILES string of the molecule is CCN(CC)C1CCN(c2cc(C(N)=NO)ccn2)C1. The molecule has 0 saturated carbocycles. The molecule has 110 valence electrons. The van der Waals surface area contributed by atoms with Crippen LogP contribution in [0.2, 0.25) is 0 Å². The predicted molar refractivity (Wildman–Crippen MR) is 80.3 cm³/mol. The zero-order valence-electron chi connectivity index (χ0n) is 12.2. The average Bonchev–Trinajstić information content (AvgIpc) is 2.97. The number of likely N-dealkylation sites (N-methyl/N-ethyl adjacent to an activating group) is 1. The topological polar surface area (TPSA) is 78.0 Å². The van der Waals surface area contributed by atoms with Crippen LogP contribution >= 0.6 is 0 Å². The van der Waals surface area contributed by atoms with E-state index >= 15 is 0 Å². The second-order valence-electron chi connectivity index (χ2n) is 5.00. The van der Waals surface area contributed by atoms with Crippen LogP contribution in [0.3, 0.4) is 0 Å². The second-order valence-corrected chi connectivity index (χ2v) is 5.00. The van der Waals surface area contributed by atoms with Gasteiger partial charge < -0.3 is 15.8 Å². The first-order valence-corrected chi connectivity index (χ1v) is 7.12. The number of oxime groups is 1. The number of pyridine rings is 1. The smallest absolute Gasteiger partial charge is 0.170 e. The van der Waals surface area contributed by atoms with E-state index in [0.29, 0.717) is 11.6 Å². The standard InChI is InChI=1S/C14H23N5O/c1-3-18(4-2)12-6-8-19(10-12)13-9-11(5-7-16-13)14(15)17-20/h5,7,9,12,20H,3-4,6,8,10H2,1-2H3,(H2,15,17). The summed E-state index contributed by atoms with van der Waals surface area (Å²) in [6.45, 7) is 8.52. The van der Waals surface area contributed by atoms with Crippen molar-refractivity contribution in [3.05, 3.63) is 23.9 Å². The van der Waals surface area contributed by atoms with Crippen molar-refractivity contribution in [1.82, 2.24) is 9.88 Å². The Morgan fingerprint density at radius 1 is 1.55 bits per heavy atom. The molecule has 0 bridgehead atoms. The molecule has 1 aliphatic rings. The molecule has 6 heteroatoms. The summed E-state index contributed by atoms with van der Waals surface area (Å²) in [7, 11) is 0. The lowest BCUT2D eigenvalue weighted by molar-refractivity contribution is 0.232. The zero-order chi connectivity index (χ0) is 14.5. The molecule has 0 aliphatic carbocycles. The number of nitrogens with zero attached hydrogens (tertiary/aromatic N) is 4. The molecule has 1 aromatic heterocycles. The van der Waals surface area contributed by atoms with Crippen molar-refractivity contribution in [3.63, 3.8) is 0 Å². The third kappa shape index (κ3) is 3.01. The highest BCUT2D eigenvalue weighted by Gasteiger charge is 2.27. The molecule has 6 nitrogen and oxygen atoms in total. The Labute approximate surface area is 119 Å². The molecule has 0 amide bonds. The molecule has 1 saturated heterocycles. The summed E-state index contributed by atoms with van der Waals surface area (Å²) in [6, 6.07) is 4.20. The largest absolute Gasteiger partial charge is 0.409 e. The summed E-state index contributed by atoms with van der Waals surface area (Å²) in [5, 5.41) is 11.8. The van der Waals surface area contributed by atoms with E-state index in [1.165, 1.54) is 0 Å². The van der Waals surface area contributed by atoms with Crippen LogP contribution < -0.4 is 10.6 Å². The monoisotopic (exact) mass is 277 g/mol. The van der Waals surface area contributed by atoms with Crippen LogP contribution in [0.1, 0.15) is 25.8 Å². The lowest BCUT2D eigenvalue weighted by atomic mass is 10.2. The van der Waals surface area contributed by atoms with Crippen LogP contribution in [-0.4, -0.2) is 53.1 Å². The van der Waals surface area contributed by atoms with Gasteiger partial charge in [0.2, 0.25) is 0 Å². The molecule has 1 aliphatic heterocycles. The van der Waals surface area contributed by atoms with E-state index in [-0.39, 0.29) is 5.84 Å². The quantitative estimate of drug-likeness (QED) is 0.365. The van der Waals surface area contributed by atoms with Gasteiger partial charge in [-0.2, -0.15) is 0 Å². The lowest BCUT2D eigenvalue weighted by Gasteiger charge is -2.26. The Morgan fingerprint density at radius 2 is 2.30 bits per heavy atom. The molecular formula is C14H23N5O. The van der Waals surface area contributed by atoms with Gasteiger partial charge in [-0.3, -0.25) is 4.90 Å². The fraction of sp³-hybridized carbons (Fsp3) is 0.571. The van der Waals surface area contributed by atoms with Crippen molar-refractivity contribution in [3.8, 4) is 0 Å². The second kappa shape index (κ2) is 6.56. The van der Waals surface area contributed by atoms with Gasteiger partial charge in [0.25, 0.3) is 0 Å². The molecule has 2 rings (SSSR count). The maximum Gasteiger partial charge on any atom is 0.170 e. The number of rotatable bonds is 5. The van der Waals surface area contributed by atoms with E-state index in [2.05, 4.69) is 33.8 Å². The molecule has 0 aromatic carbocycles. The molecule has 3 N–H and O–H groups in total. The van der Waals surface area contributed by atoms with Crippen molar-refractivity contribution < 1.29 is 5.21 Å². The summed E-state index contributed by atoms with van der Waals surface area (Å²) in [6.07, 6.45) is 2.85. The first-order valence-electron chi connectivity index (χ1n) is 7.12. The van der Waals surface area contributed by atoms with E-state index in [9.17, 15) is 0 Å². The maximum atomic E-state index is 8.75. The van der Waals surface area contributed by atoms with Crippen LogP contribution in [0, 0.1) is 0 Å². The minimum absolute atomic E-state index is 0.119. The van der Waals surface area contributed by atoms with Crippen molar-refractivity contribution >= 4 is 11.7 Å². The molecule has 1 atom stereocenters. The molecule has 2 heterocycles. The van der Waals surface area contributed by atoms with Gasteiger partial charge in [-0.15, -0.1) is 0 Å². The Hall–Kier alpha value is -1.82. The van der Waals surface area contributed by atoms with E-state index in [1.54, 1.807) is 12.3 Å². The van der Waals surface area contributed by atoms with Gasteiger partial charge in [-0.05, 0) is 31.6 Å². The van der Waals surface area contributed by atoms with Gasteiger partial charge in [0, 0.05) is 30.9 Å². The number of amidine groups is 1. The van der Waals surface area contributed by atoms with E-state index in [1.807, 2.05) is 6.07 Å². The number of anilines is 1. The summed E-state index contributed by atoms with van der Waals surface area (Å²) in [4.78, 5) is 9.14.